The molecule has 0 aliphatic carbocycles. The van der Waals surface area contributed by atoms with Gasteiger partial charge in [0.15, 0.2) is 6.33 Å². The average molecular weight is 234 g/mol. The maximum atomic E-state index is 5.30. The van der Waals surface area contributed by atoms with E-state index in [9.17, 15) is 0 Å². The molecule has 0 aromatic carbocycles. The average Bonchev–Trinajstić information content (AvgIpc) is 2.85. The van der Waals surface area contributed by atoms with Crippen LogP contribution in [0.4, 0.5) is 0 Å². The van der Waals surface area contributed by atoms with Gasteiger partial charge in [0.2, 0.25) is 5.89 Å². The summed E-state index contributed by atoms with van der Waals surface area (Å²) in [6.07, 6.45) is 9.85. The fourth-order valence-corrected chi connectivity index (χ4v) is 2.11. The van der Waals surface area contributed by atoms with Crippen molar-refractivity contribution < 1.29 is 4.52 Å². The SMILES string of the molecule is C#CCN1CCC(NCCc2ncno2)CC1. The molecule has 2 heterocycles. The Morgan fingerprint density at radius 1 is 1.53 bits per heavy atom. The molecule has 1 N–H and O–H groups in total. The molecule has 0 saturated carbocycles. The number of rotatable bonds is 5. The van der Waals surface area contributed by atoms with Gasteiger partial charge in [0.1, 0.15) is 0 Å². The predicted octanol–water partition coefficient (Wildman–Crippen LogP) is 0.299. The number of hydrogen-bond donors (Lipinski definition) is 1. The standard InChI is InChI=1S/C12H18N4O/c1-2-7-16-8-4-11(5-9-16)13-6-3-12-14-10-15-17-12/h1,10-11,13H,3-9H2. The van der Waals surface area contributed by atoms with E-state index in [2.05, 4.69) is 26.3 Å². The Bertz CT molecular complexity index is 349. The highest BCUT2D eigenvalue weighted by Gasteiger charge is 2.17. The summed E-state index contributed by atoms with van der Waals surface area (Å²) >= 11 is 0. The number of terminal acetylenes is 1. The quantitative estimate of drug-likeness (QED) is 0.743. The first-order chi connectivity index (χ1) is 8.38. The molecule has 0 spiro atoms. The number of hydrogen-bond acceptors (Lipinski definition) is 5. The van der Waals surface area contributed by atoms with Gasteiger partial charge in [-0.1, -0.05) is 11.1 Å². The lowest BCUT2D eigenvalue weighted by Crippen LogP contribution is -2.43. The van der Waals surface area contributed by atoms with Crippen LogP contribution in [-0.4, -0.2) is 47.3 Å². The molecule has 0 atom stereocenters. The van der Waals surface area contributed by atoms with E-state index in [-0.39, 0.29) is 0 Å². The van der Waals surface area contributed by atoms with Gasteiger partial charge in [-0.3, -0.25) is 4.90 Å². The predicted molar refractivity (Wildman–Crippen MR) is 64.3 cm³/mol. The van der Waals surface area contributed by atoms with Crippen molar-refractivity contribution in [2.45, 2.75) is 25.3 Å². The van der Waals surface area contributed by atoms with Crippen LogP contribution in [0, 0.1) is 12.3 Å². The first-order valence-electron chi connectivity index (χ1n) is 6.03. The zero-order valence-electron chi connectivity index (χ0n) is 9.93. The molecule has 0 unspecified atom stereocenters. The van der Waals surface area contributed by atoms with Gasteiger partial charge in [0.05, 0.1) is 6.54 Å². The number of nitrogens with zero attached hydrogens (tertiary/aromatic N) is 3. The van der Waals surface area contributed by atoms with E-state index >= 15 is 0 Å². The molecule has 1 aliphatic heterocycles. The Balaban J connectivity index is 1.60. The molecule has 1 aliphatic rings. The summed E-state index contributed by atoms with van der Waals surface area (Å²) in [5.41, 5.74) is 0. The second-order valence-electron chi connectivity index (χ2n) is 4.29. The van der Waals surface area contributed by atoms with Crippen LogP contribution >= 0.6 is 0 Å². The normalized spacial score (nSPS) is 18.1. The summed E-state index contributed by atoms with van der Waals surface area (Å²) in [6, 6.07) is 0.590. The highest BCUT2D eigenvalue weighted by molar-refractivity contribution is 4.90. The van der Waals surface area contributed by atoms with Gasteiger partial charge in [0, 0.05) is 32.1 Å². The van der Waals surface area contributed by atoms with Crippen molar-refractivity contribution in [2.75, 3.05) is 26.2 Å². The van der Waals surface area contributed by atoms with Crippen molar-refractivity contribution in [3.8, 4) is 12.3 Å². The molecular weight excluding hydrogens is 216 g/mol. The lowest BCUT2D eigenvalue weighted by atomic mass is 10.1. The van der Waals surface area contributed by atoms with Gasteiger partial charge < -0.3 is 9.84 Å². The van der Waals surface area contributed by atoms with Gasteiger partial charge in [-0.2, -0.15) is 4.98 Å². The van der Waals surface area contributed by atoms with E-state index in [1.807, 2.05) is 0 Å². The van der Waals surface area contributed by atoms with E-state index in [4.69, 9.17) is 10.9 Å². The second kappa shape index (κ2) is 6.38. The molecule has 17 heavy (non-hydrogen) atoms. The number of likely N-dealkylation sites (tertiary alicyclic amines) is 1. The van der Waals surface area contributed by atoms with Crippen molar-refractivity contribution in [3.63, 3.8) is 0 Å². The van der Waals surface area contributed by atoms with Crippen LogP contribution in [0.1, 0.15) is 18.7 Å². The number of nitrogens with one attached hydrogen (secondary N) is 1. The zero-order valence-corrected chi connectivity index (χ0v) is 9.93. The molecule has 2 rings (SSSR count). The minimum Gasteiger partial charge on any atom is -0.340 e. The smallest absolute Gasteiger partial charge is 0.227 e. The van der Waals surface area contributed by atoms with Crippen LogP contribution in [-0.2, 0) is 6.42 Å². The van der Waals surface area contributed by atoms with Gasteiger partial charge >= 0.3 is 0 Å². The van der Waals surface area contributed by atoms with Crippen LogP contribution in [0.15, 0.2) is 10.9 Å². The molecule has 0 bridgehead atoms. The Morgan fingerprint density at radius 2 is 2.35 bits per heavy atom. The topological polar surface area (TPSA) is 54.2 Å². The molecule has 1 fully saturated rings. The molecule has 92 valence electrons. The molecule has 5 nitrogen and oxygen atoms in total. The summed E-state index contributed by atoms with van der Waals surface area (Å²) in [4.78, 5) is 6.30. The van der Waals surface area contributed by atoms with Gasteiger partial charge in [-0.15, -0.1) is 6.42 Å². The van der Waals surface area contributed by atoms with Crippen LogP contribution in [0.25, 0.3) is 0 Å². The Hall–Kier alpha value is -1.38. The third kappa shape index (κ3) is 3.84. The highest BCUT2D eigenvalue weighted by Crippen LogP contribution is 2.09. The van der Waals surface area contributed by atoms with E-state index in [1.165, 1.54) is 6.33 Å². The molecule has 1 aromatic rings. The lowest BCUT2D eigenvalue weighted by molar-refractivity contribution is 0.217. The van der Waals surface area contributed by atoms with Crippen molar-refractivity contribution in [2.24, 2.45) is 0 Å². The Labute approximate surface area is 102 Å². The van der Waals surface area contributed by atoms with E-state index in [1.54, 1.807) is 0 Å². The first-order valence-corrected chi connectivity index (χ1v) is 6.03. The van der Waals surface area contributed by atoms with Gasteiger partial charge in [0.25, 0.3) is 0 Å². The minimum atomic E-state index is 0.590. The summed E-state index contributed by atoms with van der Waals surface area (Å²) in [6.45, 7) is 3.83. The molecular formula is C12H18N4O. The summed E-state index contributed by atoms with van der Waals surface area (Å²) in [5, 5.41) is 7.10. The first kappa shape index (κ1) is 12.1. The van der Waals surface area contributed by atoms with Gasteiger partial charge in [-0.25, -0.2) is 0 Å². The Kier molecular flexibility index (Phi) is 4.54. The van der Waals surface area contributed by atoms with Crippen LogP contribution in [0.3, 0.4) is 0 Å². The minimum absolute atomic E-state index is 0.590. The zero-order chi connectivity index (χ0) is 11.9. The molecule has 1 saturated heterocycles. The Morgan fingerprint density at radius 3 is 3.00 bits per heavy atom. The largest absolute Gasteiger partial charge is 0.340 e. The lowest BCUT2D eigenvalue weighted by Gasteiger charge is -2.31. The third-order valence-corrected chi connectivity index (χ3v) is 3.08. The van der Waals surface area contributed by atoms with E-state index < -0.39 is 0 Å². The monoisotopic (exact) mass is 234 g/mol. The summed E-state index contributed by atoms with van der Waals surface area (Å²) in [5.74, 6) is 3.39. The van der Waals surface area contributed by atoms with E-state index in [0.29, 0.717) is 11.9 Å². The van der Waals surface area contributed by atoms with E-state index in [0.717, 1.165) is 45.4 Å². The third-order valence-electron chi connectivity index (χ3n) is 3.08. The molecule has 1 aromatic heterocycles. The maximum absolute atomic E-state index is 5.30. The molecule has 0 radical (unpaired) electrons. The number of aromatic nitrogens is 2. The summed E-state index contributed by atoms with van der Waals surface area (Å²) < 4.78 is 4.94. The highest BCUT2D eigenvalue weighted by atomic mass is 16.5. The van der Waals surface area contributed by atoms with Crippen molar-refractivity contribution in [1.29, 1.82) is 0 Å². The molecule has 0 amide bonds. The van der Waals surface area contributed by atoms with Crippen molar-refractivity contribution in [1.82, 2.24) is 20.4 Å². The van der Waals surface area contributed by atoms with Gasteiger partial charge in [-0.05, 0) is 12.8 Å². The fourth-order valence-electron chi connectivity index (χ4n) is 2.11. The molecule has 5 heteroatoms. The maximum Gasteiger partial charge on any atom is 0.227 e. The van der Waals surface area contributed by atoms with Crippen LogP contribution < -0.4 is 5.32 Å². The second-order valence-corrected chi connectivity index (χ2v) is 4.29. The van der Waals surface area contributed by atoms with Crippen molar-refractivity contribution in [3.05, 3.63) is 12.2 Å². The van der Waals surface area contributed by atoms with Crippen LogP contribution in [0.2, 0.25) is 0 Å². The number of piperidine rings is 1. The fraction of sp³-hybridized carbons (Fsp3) is 0.667. The summed E-state index contributed by atoms with van der Waals surface area (Å²) in [7, 11) is 0. The van der Waals surface area contributed by atoms with Crippen LogP contribution in [0.5, 0.6) is 0 Å². The van der Waals surface area contributed by atoms with Crippen molar-refractivity contribution >= 4 is 0 Å².